The van der Waals surface area contributed by atoms with E-state index in [4.69, 9.17) is 4.74 Å². The second-order valence-electron chi connectivity index (χ2n) is 8.25. The van der Waals surface area contributed by atoms with Gasteiger partial charge in [-0.05, 0) is 67.9 Å². The Labute approximate surface area is 194 Å². The minimum atomic E-state index is -0.747. The Hall–Kier alpha value is -3.32. The van der Waals surface area contributed by atoms with E-state index in [1.54, 1.807) is 31.4 Å². The van der Waals surface area contributed by atoms with Crippen molar-refractivity contribution in [2.24, 2.45) is 0 Å². The van der Waals surface area contributed by atoms with Gasteiger partial charge in [-0.15, -0.1) is 0 Å². The summed E-state index contributed by atoms with van der Waals surface area (Å²) < 4.78 is 5.36. The van der Waals surface area contributed by atoms with Crippen molar-refractivity contribution in [2.45, 2.75) is 33.7 Å². The zero-order valence-electron chi connectivity index (χ0n) is 19.9. The topological polar surface area (TPSA) is 90.3 Å². The van der Waals surface area contributed by atoms with Gasteiger partial charge < -0.3 is 24.7 Å². The predicted molar refractivity (Wildman–Crippen MR) is 127 cm³/mol. The molecule has 1 aliphatic heterocycles. The predicted octanol–water partition coefficient (Wildman–Crippen LogP) is 3.78. The number of methoxy groups -OCH3 is 1. The van der Waals surface area contributed by atoms with E-state index in [2.05, 4.69) is 4.90 Å². The number of ketones is 1. The first kappa shape index (κ1) is 24.3. The molecular weight excluding hydrogens is 420 g/mol. The van der Waals surface area contributed by atoms with Crippen molar-refractivity contribution in [3.05, 3.63) is 64.2 Å². The molecule has 2 N–H and O–H groups in total. The highest BCUT2D eigenvalue weighted by Crippen LogP contribution is 2.40. The fourth-order valence-electron chi connectivity index (χ4n) is 4.31. The fourth-order valence-corrected chi connectivity index (χ4v) is 4.31. The molecule has 7 nitrogen and oxygen atoms in total. The number of aromatic hydroxyl groups is 1. The van der Waals surface area contributed by atoms with Crippen LogP contribution in [0.4, 0.5) is 0 Å². The van der Waals surface area contributed by atoms with Crippen LogP contribution in [0.3, 0.4) is 0 Å². The SMILES string of the molecule is CCN(CC)CCN1C(=O)C(=O)/C(=C(/O)c2cc(C)c(OC)cc2C)C1c1ccc(O)cc1. The lowest BCUT2D eigenvalue weighted by Gasteiger charge is -2.28. The lowest BCUT2D eigenvalue weighted by molar-refractivity contribution is -0.140. The first-order valence-electron chi connectivity index (χ1n) is 11.2. The molecule has 0 aliphatic carbocycles. The molecule has 7 heteroatoms. The van der Waals surface area contributed by atoms with Crippen LogP contribution in [-0.2, 0) is 9.59 Å². The van der Waals surface area contributed by atoms with E-state index >= 15 is 0 Å². The molecule has 1 saturated heterocycles. The summed E-state index contributed by atoms with van der Waals surface area (Å²) in [5.74, 6) is -0.790. The van der Waals surface area contributed by atoms with Crippen molar-refractivity contribution in [3.63, 3.8) is 0 Å². The molecule has 33 heavy (non-hydrogen) atoms. The molecule has 0 aromatic heterocycles. The summed E-state index contributed by atoms with van der Waals surface area (Å²) in [6, 6.07) is 9.20. The number of likely N-dealkylation sites (N-methyl/N-ethyl adjacent to an activating group) is 1. The minimum Gasteiger partial charge on any atom is -0.508 e. The number of amides is 1. The summed E-state index contributed by atoms with van der Waals surface area (Å²) in [4.78, 5) is 30.0. The molecule has 0 saturated carbocycles. The van der Waals surface area contributed by atoms with E-state index in [0.29, 0.717) is 30.0 Å². The van der Waals surface area contributed by atoms with E-state index in [1.165, 1.54) is 17.0 Å². The third-order valence-electron chi connectivity index (χ3n) is 6.30. The summed E-state index contributed by atoms with van der Waals surface area (Å²) in [5.41, 5.74) is 2.73. The van der Waals surface area contributed by atoms with Gasteiger partial charge in [-0.25, -0.2) is 0 Å². The molecule has 176 valence electrons. The maximum atomic E-state index is 13.2. The van der Waals surface area contributed by atoms with Crippen molar-refractivity contribution >= 4 is 17.4 Å². The first-order chi connectivity index (χ1) is 15.7. The second kappa shape index (κ2) is 10.1. The Balaban J connectivity index is 2.15. The second-order valence-corrected chi connectivity index (χ2v) is 8.25. The lowest BCUT2D eigenvalue weighted by Crippen LogP contribution is -2.38. The number of carbonyl (C=O) groups excluding carboxylic acids is 2. The summed E-state index contributed by atoms with van der Waals surface area (Å²) >= 11 is 0. The highest BCUT2D eigenvalue weighted by molar-refractivity contribution is 6.46. The number of Topliss-reactive ketones (excluding diaryl/α,β-unsaturated/α-hetero) is 1. The van der Waals surface area contributed by atoms with Crippen LogP contribution in [0.2, 0.25) is 0 Å². The molecule has 1 fully saturated rings. The number of aliphatic hydroxyl groups excluding tert-OH is 1. The number of phenolic OH excluding ortho intramolecular Hbond substituents is 1. The summed E-state index contributed by atoms with van der Waals surface area (Å²) in [6.07, 6.45) is 0. The van der Waals surface area contributed by atoms with Gasteiger partial charge >= 0.3 is 0 Å². The van der Waals surface area contributed by atoms with Gasteiger partial charge in [0.25, 0.3) is 11.7 Å². The molecule has 1 amide bonds. The van der Waals surface area contributed by atoms with Crippen molar-refractivity contribution in [3.8, 4) is 11.5 Å². The highest BCUT2D eigenvalue weighted by Gasteiger charge is 2.46. The average molecular weight is 453 g/mol. The molecule has 1 atom stereocenters. The van der Waals surface area contributed by atoms with Gasteiger partial charge in [-0.3, -0.25) is 9.59 Å². The molecule has 2 aromatic rings. The molecule has 1 unspecified atom stereocenters. The van der Waals surface area contributed by atoms with E-state index in [1.807, 2.05) is 27.7 Å². The maximum absolute atomic E-state index is 13.2. The highest BCUT2D eigenvalue weighted by atomic mass is 16.5. The molecule has 0 spiro atoms. The number of benzene rings is 2. The van der Waals surface area contributed by atoms with Crippen molar-refractivity contribution in [2.75, 3.05) is 33.3 Å². The Morgan fingerprint density at radius 2 is 1.70 bits per heavy atom. The molecule has 1 aliphatic rings. The summed E-state index contributed by atoms with van der Waals surface area (Å²) in [6.45, 7) is 10.4. The van der Waals surface area contributed by atoms with Crippen LogP contribution in [0, 0.1) is 13.8 Å². The summed E-state index contributed by atoms with van der Waals surface area (Å²) in [7, 11) is 1.58. The van der Waals surface area contributed by atoms with Crippen molar-refractivity contribution < 1.29 is 24.5 Å². The van der Waals surface area contributed by atoms with Crippen LogP contribution in [0.15, 0.2) is 42.0 Å². The van der Waals surface area contributed by atoms with Gasteiger partial charge in [0.15, 0.2) is 0 Å². The van der Waals surface area contributed by atoms with Crippen LogP contribution in [-0.4, -0.2) is 65.0 Å². The molecule has 3 rings (SSSR count). The Morgan fingerprint density at radius 1 is 1.06 bits per heavy atom. The first-order valence-corrected chi connectivity index (χ1v) is 11.2. The van der Waals surface area contributed by atoms with Crippen LogP contribution in [0.25, 0.3) is 5.76 Å². The lowest BCUT2D eigenvalue weighted by atomic mass is 9.93. The Bertz CT molecular complexity index is 1070. The Morgan fingerprint density at radius 3 is 2.27 bits per heavy atom. The number of likely N-dealkylation sites (tertiary alicyclic amines) is 1. The molecular formula is C26H32N2O5. The van der Waals surface area contributed by atoms with E-state index < -0.39 is 17.7 Å². The van der Waals surface area contributed by atoms with Crippen LogP contribution in [0.1, 0.15) is 42.1 Å². The van der Waals surface area contributed by atoms with Gasteiger partial charge in [0.1, 0.15) is 17.3 Å². The fraction of sp³-hybridized carbons (Fsp3) is 0.385. The molecule has 1 heterocycles. The zero-order valence-corrected chi connectivity index (χ0v) is 19.9. The summed E-state index contributed by atoms with van der Waals surface area (Å²) in [5, 5.41) is 21.1. The van der Waals surface area contributed by atoms with Gasteiger partial charge in [0, 0.05) is 18.7 Å². The van der Waals surface area contributed by atoms with E-state index in [9.17, 15) is 19.8 Å². The number of ether oxygens (including phenoxy) is 1. The van der Waals surface area contributed by atoms with E-state index in [0.717, 1.165) is 24.2 Å². The van der Waals surface area contributed by atoms with Crippen molar-refractivity contribution in [1.29, 1.82) is 0 Å². The maximum Gasteiger partial charge on any atom is 0.295 e. The van der Waals surface area contributed by atoms with Crippen LogP contribution in [0.5, 0.6) is 11.5 Å². The Kier molecular flexibility index (Phi) is 7.43. The number of aliphatic hydroxyl groups is 1. The van der Waals surface area contributed by atoms with Gasteiger partial charge in [0.2, 0.25) is 0 Å². The number of hydrogen-bond donors (Lipinski definition) is 2. The smallest absolute Gasteiger partial charge is 0.295 e. The van der Waals surface area contributed by atoms with Crippen LogP contribution >= 0.6 is 0 Å². The third kappa shape index (κ3) is 4.73. The van der Waals surface area contributed by atoms with Crippen LogP contribution < -0.4 is 4.74 Å². The average Bonchev–Trinajstić information content (AvgIpc) is 3.06. The largest absolute Gasteiger partial charge is 0.508 e. The normalized spacial score (nSPS) is 17.8. The molecule has 0 bridgehead atoms. The number of nitrogens with zero attached hydrogens (tertiary/aromatic N) is 2. The zero-order chi connectivity index (χ0) is 24.3. The quantitative estimate of drug-likeness (QED) is 0.360. The number of carbonyl (C=O) groups is 2. The monoisotopic (exact) mass is 452 g/mol. The number of aryl methyl sites for hydroxylation is 2. The number of phenols is 1. The molecule has 2 aromatic carbocycles. The van der Waals surface area contributed by atoms with Gasteiger partial charge in [-0.1, -0.05) is 26.0 Å². The molecule has 0 radical (unpaired) electrons. The standard InChI is InChI=1S/C26H32N2O5/c1-6-27(7-2)12-13-28-23(18-8-10-19(29)11-9-18)22(25(31)26(28)32)24(30)20-14-17(4)21(33-5)15-16(20)3/h8-11,14-15,23,29-30H,6-7,12-13H2,1-5H3/b24-22+. The van der Waals surface area contributed by atoms with Gasteiger partial charge in [0.05, 0.1) is 18.7 Å². The third-order valence-corrected chi connectivity index (χ3v) is 6.30. The van der Waals surface area contributed by atoms with Crippen molar-refractivity contribution in [1.82, 2.24) is 9.80 Å². The van der Waals surface area contributed by atoms with E-state index in [-0.39, 0.29) is 17.1 Å². The number of hydrogen-bond acceptors (Lipinski definition) is 6. The number of rotatable bonds is 8. The minimum absolute atomic E-state index is 0.0536. The van der Waals surface area contributed by atoms with Gasteiger partial charge in [-0.2, -0.15) is 0 Å².